The van der Waals surface area contributed by atoms with Gasteiger partial charge in [0.25, 0.3) is 0 Å². The number of hydrogen-bond donors (Lipinski definition) is 1. The summed E-state index contributed by atoms with van der Waals surface area (Å²) >= 11 is 0. The molecule has 8 nitrogen and oxygen atoms in total. The predicted octanol–water partition coefficient (Wildman–Crippen LogP) is 14.6. The van der Waals surface area contributed by atoms with Crippen LogP contribution in [0.4, 0.5) is 0 Å². The molecule has 8 heteroatoms. The average molecular weight is 860 g/mol. The summed E-state index contributed by atoms with van der Waals surface area (Å²) in [6.45, 7) is 17.8. The Hall–Kier alpha value is -1.93. The van der Waals surface area contributed by atoms with Gasteiger partial charge in [0.05, 0.1) is 31.2 Å². The summed E-state index contributed by atoms with van der Waals surface area (Å²) in [6, 6.07) is 0. The van der Waals surface area contributed by atoms with Gasteiger partial charge < -0.3 is 24.0 Å². The molecule has 0 aliphatic heterocycles. The van der Waals surface area contributed by atoms with Crippen molar-refractivity contribution in [3.8, 4) is 0 Å². The average Bonchev–Trinajstić information content (AvgIpc) is 3.73. The molecule has 0 amide bonds. The molecule has 61 heavy (non-hydrogen) atoms. The van der Waals surface area contributed by atoms with Crippen LogP contribution in [0.25, 0.3) is 0 Å². The number of ether oxygens (including phenoxy) is 2. The fourth-order valence-electron chi connectivity index (χ4n) is 8.75. The number of esters is 2. The van der Waals surface area contributed by atoms with Gasteiger partial charge in [0, 0.05) is 31.4 Å². The van der Waals surface area contributed by atoms with Crippen LogP contribution >= 0.6 is 0 Å². The molecule has 0 aliphatic rings. The largest absolute Gasteiger partial charge is 0.465 e. The van der Waals surface area contributed by atoms with Crippen LogP contribution in [0.3, 0.4) is 0 Å². The van der Waals surface area contributed by atoms with E-state index in [0.717, 1.165) is 128 Å². The summed E-state index contributed by atoms with van der Waals surface area (Å²) in [4.78, 5) is 33.2. The Morgan fingerprint density at radius 1 is 0.557 bits per heavy atom. The van der Waals surface area contributed by atoms with Crippen molar-refractivity contribution < 1.29 is 24.2 Å². The van der Waals surface area contributed by atoms with Gasteiger partial charge in [-0.2, -0.15) is 0 Å². The highest BCUT2D eigenvalue weighted by Gasteiger charge is 2.21. The Balaban J connectivity index is 2.55. The maximum absolute atomic E-state index is 13.1. The first kappa shape index (κ1) is 57.1. The van der Waals surface area contributed by atoms with E-state index in [-0.39, 0.29) is 23.8 Å². The van der Waals surface area contributed by atoms with E-state index >= 15 is 0 Å². The zero-order chi connectivity index (χ0) is 44.6. The Kier molecular flexibility index (Phi) is 38.2. The number of rotatable bonds is 45. The van der Waals surface area contributed by atoms with Gasteiger partial charge in [0.2, 0.25) is 0 Å². The van der Waals surface area contributed by atoms with Gasteiger partial charge in [0.15, 0.2) is 0 Å². The SMILES string of the molecule is CCCCCCCCC(CCCCCC)C(=O)OCCCCCCN(CCCn1ccnc1C(C)C)CC(O)CCCCOC(=O)C(CCCCCC)CCCCCCCC. The normalized spacial score (nSPS) is 13.3. The monoisotopic (exact) mass is 860 g/mol. The number of carbonyl (C=O) groups is 2. The number of carbonyl (C=O) groups excluding carboxylic acids is 2. The second kappa shape index (κ2) is 40.8. The predicted molar refractivity (Wildman–Crippen MR) is 258 cm³/mol. The third-order valence-electron chi connectivity index (χ3n) is 12.7. The molecule has 3 atom stereocenters. The molecule has 0 radical (unpaired) electrons. The molecule has 3 unspecified atom stereocenters. The topological polar surface area (TPSA) is 93.9 Å². The highest BCUT2D eigenvalue weighted by atomic mass is 16.5. The first-order valence-corrected chi connectivity index (χ1v) is 26.5. The molecule has 0 fully saturated rings. The fraction of sp³-hybridized carbons (Fsp3) is 0.906. The Morgan fingerprint density at radius 2 is 0.951 bits per heavy atom. The van der Waals surface area contributed by atoms with Crippen molar-refractivity contribution in [3.63, 3.8) is 0 Å². The Labute approximate surface area is 377 Å². The van der Waals surface area contributed by atoms with E-state index in [1.165, 1.54) is 103 Å². The number of aliphatic hydroxyl groups is 1. The van der Waals surface area contributed by atoms with E-state index in [4.69, 9.17) is 9.47 Å². The maximum atomic E-state index is 13.1. The molecule has 0 spiro atoms. The number of aromatic nitrogens is 2. The van der Waals surface area contributed by atoms with E-state index in [1.54, 1.807) is 0 Å². The molecule has 0 saturated carbocycles. The number of aliphatic hydroxyl groups excluding tert-OH is 1. The molecule has 1 aromatic heterocycles. The fourth-order valence-corrected chi connectivity index (χ4v) is 8.75. The van der Waals surface area contributed by atoms with Gasteiger partial charge in [-0.1, -0.05) is 183 Å². The molecular weight excluding hydrogens is 759 g/mol. The third kappa shape index (κ3) is 31.5. The second-order valence-corrected chi connectivity index (χ2v) is 18.9. The summed E-state index contributed by atoms with van der Waals surface area (Å²) in [7, 11) is 0. The molecule has 1 heterocycles. The van der Waals surface area contributed by atoms with Crippen LogP contribution in [0.1, 0.15) is 259 Å². The molecule has 1 N–H and O–H groups in total. The van der Waals surface area contributed by atoms with Crippen molar-refractivity contribution >= 4 is 11.9 Å². The molecule has 1 aromatic rings. The Bertz CT molecular complexity index is 1130. The quantitative estimate of drug-likeness (QED) is 0.0516. The zero-order valence-electron chi connectivity index (χ0n) is 41.3. The molecule has 358 valence electrons. The van der Waals surface area contributed by atoms with E-state index in [9.17, 15) is 14.7 Å². The lowest BCUT2D eigenvalue weighted by Gasteiger charge is -2.25. The summed E-state index contributed by atoms with van der Waals surface area (Å²) < 4.78 is 14.0. The van der Waals surface area contributed by atoms with Crippen molar-refractivity contribution in [1.82, 2.24) is 14.5 Å². The highest BCUT2D eigenvalue weighted by molar-refractivity contribution is 5.72. The van der Waals surface area contributed by atoms with Crippen LogP contribution < -0.4 is 0 Å². The zero-order valence-corrected chi connectivity index (χ0v) is 41.3. The van der Waals surface area contributed by atoms with Crippen LogP contribution in [0.2, 0.25) is 0 Å². The maximum Gasteiger partial charge on any atom is 0.308 e. The van der Waals surface area contributed by atoms with Gasteiger partial charge in [-0.25, -0.2) is 4.98 Å². The van der Waals surface area contributed by atoms with Crippen LogP contribution in [0.15, 0.2) is 12.4 Å². The summed E-state index contributed by atoms with van der Waals surface area (Å²) in [5.74, 6) is 1.65. The smallest absolute Gasteiger partial charge is 0.308 e. The number of imidazole rings is 1. The second-order valence-electron chi connectivity index (χ2n) is 18.9. The lowest BCUT2D eigenvalue weighted by atomic mass is 9.94. The summed E-state index contributed by atoms with van der Waals surface area (Å²) in [6.07, 6.45) is 39.5. The lowest BCUT2D eigenvalue weighted by Crippen LogP contribution is -2.34. The third-order valence-corrected chi connectivity index (χ3v) is 12.7. The standard InChI is InChI=1S/C53H101N3O5/c1-7-11-15-19-21-27-36-48(34-25-17-13-9-3)52(58)60-44-31-24-23-30-40-55(41-33-42-56-43-39-54-51(56)47(5)6)46-50(57)38-29-32-45-61-53(59)49(35-26-18-14-10-4)37-28-22-20-16-12-8-2/h39,43,47-50,57H,7-38,40-42,44-46H2,1-6H3. The van der Waals surface area contributed by atoms with Gasteiger partial charge in [-0.3, -0.25) is 9.59 Å². The highest BCUT2D eigenvalue weighted by Crippen LogP contribution is 2.23. The summed E-state index contributed by atoms with van der Waals surface area (Å²) in [5.41, 5.74) is 0. The minimum atomic E-state index is -0.403. The van der Waals surface area contributed by atoms with Crippen molar-refractivity contribution in [2.75, 3.05) is 32.8 Å². The van der Waals surface area contributed by atoms with Crippen molar-refractivity contribution in [1.29, 1.82) is 0 Å². The minimum Gasteiger partial charge on any atom is -0.465 e. The molecule has 0 saturated heterocycles. The summed E-state index contributed by atoms with van der Waals surface area (Å²) in [5, 5.41) is 11.2. The van der Waals surface area contributed by atoms with Gasteiger partial charge >= 0.3 is 11.9 Å². The van der Waals surface area contributed by atoms with E-state index in [1.807, 2.05) is 6.20 Å². The molecule has 0 aliphatic carbocycles. The van der Waals surface area contributed by atoms with E-state index in [2.05, 4.69) is 62.2 Å². The first-order valence-electron chi connectivity index (χ1n) is 26.5. The van der Waals surface area contributed by atoms with Crippen molar-refractivity contribution in [2.24, 2.45) is 11.8 Å². The van der Waals surface area contributed by atoms with Gasteiger partial charge in [-0.05, 0) is 77.3 Å². The molecule has 0 bridgehead atoms. The van der Waals surface area contributed by atoms with Gasteiger partial charge in [-0.15, -0.1) is 0 Å². The van der Waals surface area contributed by atoms with Crippen LogP contribution in [0.5, 0.6) is 0 Å². The van der Waals surface area contributed by atoms with Crippen molar-refractivity contribution in [2.45, 2.75) is 266 Å². The van der Waals surface area contributed by atoms with Crippen LogP contribution in [0, 0.1) is 11.8 Å². The number of aryl methyl sites for hydroxylation is 1. The van der Waals surface area contributed by atoms with E-state index in [0.29, 0.717) is 25.7 Å². The number of hydrogen-bond acceptors (Lipinski definition) is 7. The Morgan fingerprint density at radius 3 is 1.44 bits per heavy atom. The van der Waals surface area contributed by atoms with Crippen molar-refractivity contribution in [3.05, 3.63) is 18.2 Å². The molecule has 1 rings (SSSR count). The first-order chi connectivity index (χ1) is 29.8. The lowest BCUT2D eigenvalue weighted by molar-refractivity contribution is -0.150. The van der Waals surface area contributed by atoms with E-state index < -0.39 is 6.10 Å². The van der Waals surface area contributed by atoms with Gasteiger partial charge in [0.1, 0.15) is 5.82 Å². The van der Waals surface area contributed by atoms with Crippen LogP contribution in [-0.2, 0) is 25.6 Å². The molecular formula is C53H101N3O5. The minimum absolute atomic E-state index is 0.000967. The number of unbranched alkanes of at least 4 members (excludes halogenated alkanes) is 20. The van der Waals surface area contributed by atoms with Crippen LogP contribution in [-0.4, -0.2) is 70.4 Å². The molecule has 0 aromatic carbocycles. The number of nitrogens with zero attached hydrogens (tertiary/aromatic N) is 3.